The Labute approximate surface area is 301 Å². The first-order valence-electron chi connectivity index (χ1n) is 18.2. The number of likely N-dealkylation sites (tertiary alicyclic amines) is 1. The van der Waals surface area contributed by atoms with Gasteiger partial charge < -0.3 is 34.0 Å². The van der Waals surface area contributed by atoms with Crippen LogP contribution in [0.2, 0.25) is 18.6 Å². The van der Waals surface area contributed by atoms with E-state index in [0.29, 0.717) is 31.8 Å². The van der Waals surface area contributed by atoms with Gasteiger partial charge >= 0.3 is 0 Å². The molecule has 0 saturated carbocycles. The summed E-state index contributed by atoms with van der Waals surface area (Å²) in [5.41, 5.74) is 1.79. The number of methoxy groups -OCH3 is 2. The van der Waals surface area contributed by atoms with Crippen molar-refractivity contribution in [1.82, 2.24) is 4.90 Å². The lowest BCUT2D eigenvalue weighted by Gasteiger charge is -2.37. The molecule has 3 aromatic carbocycles. The zero-order chi connectivity index (χ0) is 36.1. The average molecular weight is 712 g/mol. The number of hydrogen-bond acceptors (Lipinski definition) is 7. The van der Waals surface area contributed by atoms with Crippen LogP contribution in [0.5, 0.6) is 11.5 Å². The Morgan fingerprint density at radius 2 is 1.73 bits per heavy atom. The molecule has 3 saturated heterocycles. The van der Waals surface area contributed by atoms with Crippen LogP contribution < -0.4 is 24.5 Å². The Morgan fingerprint density at radius 3 is 2.41 bits per heavy atom. The van der Waals surface area contributed by atoms with Crippen LogP contribution in [0.15, 0.2) is 66.7 Å². The molecule has 51 heavy (non-hydrogen) atoms. The van der Waals surface area contributed by atoms with Crippen molar-refractivity contribution >= 4 is 42.4 Å². The van der Waals surface area contributed by atoms with Gasteiger partial charge in [0.25, 0.3) is 5.91 Å². The van der Waals surface area contributed by atoms with E-state index in [4.69, 9.17) is 14.2 Å². The first-order chi connectivity index (χ1) is 24.5. The topological polar surface area (TPSA) is 109 Å². The molecule has 3 aromatic rings. The number of aliphatic hydroxyl groups excluding tert-OH is 1. The summed E-state index contributed by atoms with van der Waals surface area (Å²) in [4.78, 5) is 47.3. The quantitative estimate of drug-likeness (QED) is 0.296. The number of carbonyl (C=O) groups is 3. The number of hydrogen-bond donors (Lipinski definition) is 1. The number of rotatable bonds is 10. The van der Waals surface area contributed by atoms with E-state index < -0.39 is 19.8 Å². The predicted octanol–water partition coefficient (Wildman–Crippen LogP) is 4.97. The Morgan fingerprint density at radius 1 is 0.980 bits per heavy atom. The van der Waals surface area contributed by atoms with E-state index in [1.807, 2.05) is 64.4 Å². The molecule has 4 aliphatic rings. The highest BCUT2D eigenvalue weighted by Gasteiger charge is 2.66. The highest BCUT2D eigenvalue weighted by molar-refractivity contribution is 6.91. The number of fused-ring (bicyclic) bond motifs is 2. The van der Waals surface area contributed by atoms with Crippen molar-refractivity contribution in [3.05, 3.63) is 77.9 Å². The normalized spacial score (nSPS) is 26.0. The number of nitrogens with zero attached hydrogens (tertiary/aromatic N) is 3. The third kappa shape index (κ3) is 5.92. The van der Waals surface area contributed by atoms with Gasteiger partial charge in [-0.3, -0.25) is 14.4 Å². The number of amides is 3. The number of anilines is 2. The fourth-order valence-electron chi connectivity index (χ4n) is 9.35. The fraction of sp³-hybridized carbons (Fsp3) is 0.475. The molecule has 3 amide bonds. The van der Waals surface area contributed by atoms with Gasteiger partial charge in [0.1, 0.15) is 11.5 Å². The monoisotopic (exact) mass is 711 g/mol. The summed E-state index contributed by atoms with van der Waals surface area (Å²) in [5.74, 6) is 1.01. The lowest BCUT2D eigenvalue weighted by Crippen LogP contribution is -2.52. The van der Waals surface area contributed by atoms with Gasteiger partial charge in [-0.2, -0.15) is 0 Å². The van der Waals surface area contributed by atoms with Gasteiger partial charge in [0.2, 0.25) is 11.8 Å². The molecule has 10 nitrogen and oxygen atoms in total. The second-order valence-corrected chi connectivity index (χ2v) is 19.7. The molecular formula is C40H49N3O7Si. The molecule has 270 valence electrons. The number of benzene rings is 3. The summed E-state index contributed by atoms with van der Waals surface area (Å²) in [6.45, 7) is 8.24. The van der Waals surface area contributed by atoms with Crippen molar-refractivity contribution in [2.45, 2.75) is 82.0 Å². The maximum Gasteiger partial charge on any atom is 0.264 e. The second kappa shape index (κ2) is 13.7. The zero-order valence-electron chi connectivity index (χ0n) is 30.3. The maximum atomic E-state index is 15.2. The molecule has 4 heterocycles. The first kappa shape index (κ1) is 35.2. The van der Waals surface area contributed by atoms with E-state index in [1.165, 1.54) is 5.19 Å². The first-order valence-corrected chi connectivity index (χ1v) is 21.2. The lowest BCUT2D eigenvalue weighted by atomic mass is 9.82. The molecule has 7 rings (SSSR count). The van der Waals surface area contributed by atoms with Gasteiger partial charge in [-0.15, -0.1) is 0 Å². The number of aliphatic hydroxyl groups is 1. The molecule has 0 radical (unpaired) electrons. The van der Waals surface area contributed by atoms with E-state index >= 15 is 4.79 Å². The van der Waals surface area contributed by atoms with Crippen LogP contribution in [0.1, 0.15) is 50.2 Å². The van der Waals surface area contributed by atoms with Gasteiger partial charge in [-0.05, 0) is 72.8 Å². The highest BCUT2D eigenvalue weighted by Crippen LogP contribution is 2.60. The summed E-state index contributed by atoms with van der Waals surface area (Å²) >= 11 is 0. The molecular weight excluding hydrogens is 663 g/mol. The van der Waals surface area contributed by atoms with E-state index in [1.54, 1.807) is 19.1 Å². The molecule has 0 unspecified atom stereocenters. The Hall–Kier alpha value is -4.19. The minimum Gasteiger partial charge on any atom is -0.497 e. The molecule has 0 aliphatic carbocycles. The van der Waals surface area contributed by atoms with Crippen LogP contribution in [0.4, 0.5) is 11.4 Å². The van der Waals surface area contributed by atoms with Crippen molar-refractivity contribution in [2.24, 2.45) is 5.92 Å². The molecule has 5 atom stereocenters. The summed E-state index contributed by atoms with van der Waals surface area (Å²) in [5, 5.41) is 11.2. The van der Waals surface area contributed by atoms with Gasteiger partial charge in [-0.1, -0.05) is 49.5 Å². The van der Waals surface area contributed by atoms with Crippen LogP contribution in [0.25, 0.3) is 0 Å². The molecule has 0 bridgehead atoms. The number of carbonyl (C=O) groups excluding carboxylic acids is 3. The largest absolute Gasteiger partial charge is 0.497 e. The summed E-state index contributed by atoms with van der Waals surface area (Å²) in [6, 6.07) is 21.6. The Balaban J connectivity index is 1.30. The molecule has 1 N–H and O–H groups in total. The van der Waals surface area contributed by atoms with Gasteiger partial charge in [0.15, 0.2) is 5.60 Å². The standard InChI is InChI=1S/C40H49N3O7Si/c1-26-38(51(4,5)32-16-13-30(48-2)14-17-32)35(23-37(46)42-19-7-11-29(42)25-44)50-40(26)33-22-31(49-3)15-18-34(33)43(39(40)47)24-27-9-6-10-28(21-27)41-20-8-12-36(41)45/h6,9-10,13-18,21-22,26,29,35,38,44H,7-8,11-12,19-20,23-25H2,1-5H3/t26-,29-,35+,38-,40+/m0/s1. The van der Waals surface area contributed by atoms with Crippen molar-refractivity contribution in [3.63, 3.8) is 0 Å². The summed E-state index contributed by atoms with van der Waals surface area (Å²) in [6.07, 6.45) is 2.59. The van der Waals surface area contributed by atoms with Crippen molar-refractivity contribution in [1.29, 1.82) is 0 Å². The SMILES string of the molecule is COc1ccc([Si](C)(C)[C@@H]2[C@@H](CC(=O)N3CCC[C@H]3CO)O[C@]3(C(=O)N(Cc4cccc(N5CCCC5=O)c4)c4ccc(OC)cc43)[C@H]2C)cc1. The van der Waals surface area contributed by atoms with Gasteiger partial charge in [-0.25, -0.2) is 0 Å². The van der Waals surface area contributed by atoms with Crippen molar-refractivity contribution < 1.29 is 33.7 Å². The van der Waals surface area contributed by atoms with E-state index in [9.17, 15) is 14.7 Å². The maximum absolute atomic E-state index is 15.2. The lowest BCUT2D eigenvalue weighted by molar-refractivity contribution is -0.150. The van der Waals surface area contributed by atoms with Crippen molar-refractivity contribution in [3.8, 4) is 11.5 Å². The minimum atomic E-state index is -2.47. The van der Waals surface area contributed by atoms with Gasteiger partial charge in [0, 0.05) is 36.7 Å². The third-order valence-electron chi connectivity index (χ3n) is 12.0. The Kier molecular flexibility index (Phi) is 9.49. The van der Waals surface area contributed by atoms with E-state index in [2.05, 4.69) is 32.2 Å². The zero-order valence-corrected chi connectivity index (χ0v) is 31.3. The van der Waals surface area contributed by atoms with Crippen LogP contribution in [-0.2, 0) is 31.3 Å². The van der Waals surface area contributed by atoms with E-state index in [0.717, 1.165) is 47.5 Å². The number of ether oxygens (including phenoxy) is 3. The molecule has 4 aliphatic heterocycles. The Bertz CT molecular complexity index is 1820. The molecule has 1 spiro atoms. The predicted molar refractivity (Wildman–Crippen MR) is 198 cm³/mol. The van der Waals surface area contributed by atoms with E-state index in [-0.39, 0.29) is 48.3 Å². The highest BCUT2D eigenvalue weighted by atomic mass is 28.3. The van der Waals surface area contributed by atoms with Crippen LogP contribution in [0, 0.1) is 5.92 Å². The second-order valence-electron chi connectivity index (χ2n) is 15.0. The molecule has 11 heteroatoms. The fourth-order valence-corrected chi connectivity index (χ4v) is 13.4. The third-order valence-corrected chi connectivity index (χ3v) is 16.3. The van der Waals surface area contributed by atoms with Crippen LogP contribution in [0.3, 0.4) is 0 Å². The van der Waals surface area contributed by atoms with Gasteiger partial charge in [0.05, 0.1) is 59.7 Å². The summed E-state index contributed by atoms with van der Waals surface area (Å²) < 4.78 is 18.4. The molecule has 3 fully saturated rings. The minimum absolute atomic E-state index is 0.0493. The smallest absolute Gasteiger partial charge is 0.264 e. The van der Waals surface area contributed by atoms with Crippen LogP contribution in [-0.4, -0.2) is 81.9 Å². The average Bonchev–Trinajstić information content (AvgIpc) is 3.91. The van der Waals surface area contributed by atoms with Crippen LogP contribution >= 0.6 is 0 Å². The molecule has 0 aromatic heterocycles. The van der Waals surface area contributed by atoms with Crippen molar-refractivity contribution in [2.75, 3.05) is 43.7 Å². The summed E-state index contributed by atoms with van der Waals surface area (Å²) in [7, 11) is 0.796.